The molecule has 0 saturated carbocycles. The van der Waals surface area contributed by atoms with Crippen LogP contribution in [0.2, 0.25) is 0 Å². The number of aliphatic hydroxyl groups excluding tert-OH is 1. The van der Waals surface area contributed by atoms with Gasteiger partial charge in [0, 0.05) is 45.0 Å². The van der Waals surface area contributed by atoms with Crippen molar-refractivity contribution in [3.63, 3.8) is 0 Å². The third-order valence-electron chi connectivity index (χ3n) is 4.83. The Morgan fingerprint density at radius 2 is 1.85 bits per heavy atom. The van der Waals surface area contributed by atoms with E-state index >= 15 is 0 Å². The summed E-state index contributed by atoms with van der Waals surface area (Å²) >= 11 is 0. The van der Waals surface area contributed by atoms with Gasteiger partial charge in [-0.2, -0.15) is 0 Å². The second kappa shape index (κ2) is 8.22. The van der Waals surface area contributed by atoms with Crippen molar-refractivity contribution in [1.29, 1.82) is 0 Å². The Balaban J connectivity index is 1.54. The maximum absolute atomic E-state index is 12.4. The van der Waals surface area contributed by atoms with Crippen LogP contribution in [-0.4, -0.2) is 44.1 Å². The number of hydrogen-bond acceptors (Lipinski definition) is 4. The summed E-state index contributed by atoms with van der Waals surface area (Å²) in [7, 11) is 3.90. The summed E-state index contributed by atoms with van der Waals surface area (Å²) in [4.78, 5) is 28.3. The first-order valence-electron chi connectivity index (χ1n) is 9.04. The lowest BCUT2D eigenvalue weighted by atomic mass is 10.1. The Labute approximate surface area is 159 Å². The van der Waals surface area contributed by atoms with Gasteiger partial charge in [0.2, 0.25) is 11.8 Å². The van der Waals surface area contributed by atoms with Crippen LogP contribution >= 0.6 is 0 Å². The van der Waals surface area contributed by atoms with E-state index in [-0.39, 0.29) is 24.8 Å². The van der Waals surface area contributed by atoms with E-state index in [1.807, 2.05) is 73.6 Å². The molecule has 6 nitrogen and oxygen atoms in total. The van der Waals surface area contributed by atoms with Crippen molar-refractivity contribution in [3.05, 3.63) is 60.2 Å². The molecule has 2 N–H and O–H groups in total. The molecule has 0 aromatic heterocycles. The van der Waals surface area contributed by atoms with Crippen LogP contribution in [0.5, 0.6) is 0 Å². The topological polar surface area (TPSA) is 72.9 Å². The van der Waals surface area contributed by atoms with Crippen LogP contribution < -0.4 is 15.1 Å². The molecule has 1 aliphatic heterocycles. The van der Waals surface area contributed by atoms with E-state index in [4.69, 9.17) is 0 Å². The first-order valence-corrected chi connectivity index (χ1v) is 9.04. The van der Waals surface area contributed by atoms with Crippen LogP contribution in [0.3, 0.4) is 0 Å². The molecule has 2 unspecified atom stereocenters. The van der Waals surface area contributed by atoms with Gasteiger partial charge < -0.3 is 20.2 Å². The zero-order chi connectivity index (χ0) is 19.4. The van der Waals surface area contributed by atoms with E-state index in [9.17, 15) is 14.7 Å². The van der Waals surface area contributed by atoms with Gasteiger partial charge in [0.15, 0.2) is 0 Å². The van der Waals surface area contributed by atoms with Crippen molar-refractivity contribution >= 4 is 23.2 Å². The first-order chi connectivity index (χ1) is 13.0. The summed E-state index contributed by atoms with van der Waals surface area (Å²) < 4.78 is 0. The van der Waals surface area contributed by atoms with Crippen LogP contribution in [0.1, 0.15) is 18.1 Å². The molecule has 1 fully saturated rings. The van der Waals surface area contributed by atoms with E-state index in [0.29, 0.717) is 6.54 Å². The molecule has 2 amide bonds. The molecule has 0 bridgehead atoms. The molecule has 2 atom stereocenters. The van der Waals surface area contributed by atoms with Gasteiger partial charge in [-0.3, -0.25) is 9.59 Å². The minimum absolute atomic E-state index is 0.0545. The Bertz CT molecular complexity index is 790. The number of benzene rings is 2. The quantitative estimate of drug-likeness (QED) is 0.819. The molecule has 2 aromatic rings. The fourth-order valence-corrected chi connectivity index (χ4v) is 3.19. The minimum Gasteiger partial charge on any atom is -0.387 e. The maximum atomic E-state index is 12.4. The van der Waals surface area contributed by atoms with E-state index in [1.165, 1.54) is 0 Å². The summed E-state index contributed by atoms with van der Waals surface area (Å²) in [6, 6.07) is 16.9. The molecule has 2 aromatic carbocycles. The number of nitrogens with one attached hydrogen (secondary N) is 1. The van der Waals surface area contributed by atoms with Gasteiger partial charge in [-0.25, -0.2) is 0 Å². The monoisotopic (exact) mass is 367 g/mol. The van der Waals surface area contributed by atoms with E-state index in [2.05, 4.69) is 5.32 Å². The van der Waals surface area contributed by atoms with Crippen molar-refractivity contribution in [1.82, 2.24) is 5.32 Å². The van der Waals surface area contributed by atoms with Crippen molar-refractivity contribution < 1.29 is 14.7 Å². The standard InChI is InChI=1S/C21H25N3O3/c1-23(2)17-10-8-15(9-11-17)19(25)13-22-21(27)16-12-20(26)24(14-16)18-6-4-3-5-7-18/h3-11,16,19,25H,12-14H2,1-2H3,(H,22,27). The Morgan fingerprint density at radius 3 is 2.48 bits per heavy atom. The fourth-order valence-electron chi connectivity index (χ4n) is 3.19. The van der Waals surface area contributed by atoms with Crippen LogP contribution in [0.15, 0.2) is 54.6 Å². The number of amides is 2. The predicted octanol–water partition coefficient (Wildman–Crippen LogP) is 1.96. The zero-order valence-electron chi connectivity index (χ0n) is 15.6. The highest BCUT2D eigenvalue weighted by molar-refractivity contribution is 6.00. The van der Waals surface area contributed by atoms with Crippen molar-refractivity contribution in [2.75, 3.05) is 37.0 Å². The SMILES string of the molecule is CN(C)c1ccc(C(O)CNC(=O)C2CC(=O)N(c3ccccc3)C2)cc1. The lowest BCUT2D eigenvalue weighted by Gasteiger charge is -2.18. The Morgan fingerprint density at radius 1 is 1.19 bits per heavy atom. The fraction of sp³-hybridized carbons (Fsp3) is 0.333. The average molecular weight is 367 g/mol. The van der Waals surface area contributed by atoms with Crippen LogP contribution in [0.4, 0.5) is 11.4 Å². The van der Waals surface area contributed by atoms with Crippen molar-refractivity contribution in [2.45, 2.75) is 12.5 Å². The van der Waals surface area contributed by atoms with Gasteiger partial charge in [0.25, 0.3) is 0 Å². The molecule has 142 valence electrons. The maximum Gasteiger partial charge on any atom is 0.227 e. The van der Waals surface area contributed by atoms with E-state index in [0.717, 1.165) is 16.9 Å². The molecular formula is C21H25N3O3. The second-order valence-electron chi connectivity index (χ2n) is 6.99. The van der Waals surface area contributed by atoms with Gasteiger partial charge in [-0.15, -0.1) is 0 Å². The number of hydrogen-bond donors (Lipinski definition) is 2. The highest BCUT2D eigenvalue weighted by Gasteiger charge is 2.35. The second-order valence-corrected chi connectivity index (χ2v) is 6.99. The zero-order valence-corrected chi connectivity index (χ0v) is 15.6. The number of carbonyl (C=O) groups is 2. The molecule has 1 aliphatic rings. The van der Waals surface area contributed by atoms with Crippen LogP contribution in [0, 0.1) is 5.92 Å². The lowest BCUT2D eigenvalue weighted by molar-refractivity contribution is -0.126. The highest BCUT2D eigenvalue weighted by Crippen LogP contribution is 2.25. The van der Waals surface area contributed by atoms with Crippen molar-refractivity contribution in [3.8, 4) is 0 Å². The van der Waals surface area contributed by atoms with Gasteiger partial charge in [0.1, 0.15) is 0 Å². The summed E-state index contributed by atoms with van der Waals surface area (Å²) in [5.74, 6) is -0.659. The molecule has 0 spiro atoms. The number of para-hydroxylation sites is 1. The number of aliphatic hydroxyl groups is 1. The number of nitrogens with zero attached hydrogens (tertiary/aromatic N) is 2. The first kappa shape index (κ1) is 18.9. The minimum atomic E-state index is -0.785. The summed E-state index contributed by atoms with van der Waals surface area (Å²) in [6.07, 6.45) is -0.596. The largest absolute Gasteiger partial charge is 0.387 e. The summed E-state index contributed by atoms with van der Waals surface area (Å²) in [6.45, 7) is 0.485. The predicted molar refractivity (Wildman–Crippen MR) is 106 cm³/mol. The lowest BCUT2D eigenvalue weighted by Crippen LogP contribution is -2.35. The molecule has 1 heterocycles. The number of carbonyl (C=O) groups excluding carboxylic acids is 2. The summed E-state index contributed by atoms with van der Waals surface area (Å²) in [5.41, 5.74) is 2.59. The smallest absolute Gasteiger partial charge is 0.227 e. The van der Waals surface area contributed by atoms with Crippen LogP contribution in [0.25, 0.3) is 0 Å². The molecule has 6 heteroatoms. The molecule has 0 radical (unpaired) electrons. The highest BCUT2D eigenvalue weighted by atomic mass is 16.3. The van der Waals surface area contributed by atoms with Crippen LogP contribution in [-0.2, 0) is 9.59 Å². The molecule has 1 saturated heterocycles. The Kier molecular flexibility index (Phi) is 5.76. The number of anilines is 2. The summed E-state index contributed by atoms with van der Waals surface area (Å²) in [5, 5.41) is 13.1. The van der Waals surface area contributed by atoms with Gasteiger partial charge in [-0.05, 0) is 29.8 Å². The molecule has 27 heavy (non-hydrogen) atoms. The normalized spacial score (nSPS) is 17.7. The number of rotatable bonds is 6. The molecule has 0 aliphatic carbocycles. The van der Waals surface area contributed by atoms with Crippen molar-refractivity contribution in [2.24, 2.45) is 5.92 Å². The average Bonchev–Trinajstić information content (AvgIpc) is 3.08. The van der Waals surface area contributed by atoms with E-state index in [1.54, 1.807) is 4.90 Å². The van der Waals surface area contributed by atoms with Gasteiger partial charge >= 0.3 is 0 Å². The Hall–Kier alpha value is -2.86. The van der Waals surface area contributed by atoms with Gasteiger partial charge in [-0.1, -0.05) is 30.3 Å². The third-order valence-corrected chi connectivity index (χ3v) is 4.83. The van der Waals surface area contributed by atoms with E-state index < -0.39 is 12.0 Å². The third kappa shape index (κ3) is 4.46. The molecule has 3 rings (SSSR count). The van der Waals surface area contributed by atoms with Gasteiger partial charge in [0.05, 0.1) is 12.0 Å². The molecular weight excluding hydrogens is 342 g/mol.